The van der Waals surface area contributed by atoms with E-state index in [2.05, 4.69) is 15.9 Å². The second kappa shape index (κ2) is 3.95. The van der Waals surface area contributed by atoms with Gasteiger partial charge in [-0.15, -0.1) is 0 Å². The van der Waals surface area contributed by atoms with E-state index in [1.165, 1.54) is 0 Å². The van der Waals surface area contributed by atoms with Crippen molar-refractivity contribution in [3.63, 3.8) is 0 Å². The Morgan fingerprint density at radius 1 is 1.27 bits per heavy atom. The first-order valence-corrected chi connectivity index (χ1v) is 6.54. The Kier molecular flexibility index (Phi) is 3.37. The average Bonchev–Trinajstić information content (AvgIpc) is 1.99. The van der Waals surface area contributed by atoms with Crippen LogP contribution in [0.1, 0.15) is 5.56 Å². The molecule has 1 aromatic carbocycles. The monoisotopic (exact) mass is 322 g/mol. The number of rotatable bonds is 1. The van der Waals surface area contributed by atoms with Crippen LogP contribution in [0.5, 0.6) is 0 Å². The summed E-state index contributed by atoms with van der Waals surface area (Å²) in [7, 11) is 0.476. The van der Waals surface area contributed by atoms with Gasteiger partial charge >= 0.3 is 6.18 Å². The van der Waals surface area contributed by atoms with Gasteiger partial charge in [0.25, 0.3) is 9.05 Å². The van der Waals surface area contributed by atoms with Gasteiger partial charge < -0.3 is 0 Å². The summed E-state index contributed by atoms with van der Waals surface area (Å²) in [5.74, 6) is 0. The molecule has 0 unspecified atom stereocenters. The highest BCUT2D eigenvalue weighted by Gasteiger charge is 2.38. The number of hydrogen-bond acceptors (Lipinski definition) is 2. The van der Waals surface area contributed by atoms with Gasteiger partial charge in [-0.25, -0.2) is 8.42 Å². The third kappa shape index (κ3) is 2.85. The lowest BCUT2D eigenvalue weighted by Crippen LogP contribution is -2.11. The van der Waals surface area contributed by atoms with Gasteiger partial charge in [-0.2, -0.15) is 13.2 Å². The Bertz CT molecular complexity index is 483. The van der Waals surface area contributed by atoms with Crippen LogP contribution in [-0.4, -0.2) is 8.42 Å². The molecule has 0 saturated heterocycles. The smallest absolute Gasteiger partial charge is 0.207 e. The molecule has 0 fully saturated rings. The molecule has 0 saturated carbocycles. The van der Waals surface area contributed by atoms with E-state index in [9.17, 15) is 21.6 Å². The van der Waals surface area contributed by atoms with E-state index in [-0.39, 0.29) is 4.47 Å². The minimum atomic E-state index is -4.78. The molecule has 0 atom stereocenters. The fraction of sp³-hybridized carbons (Fsp3) is 0.143. The molecule has 0 aliphatic rings. The highest BCUT2D eigenvalue weighted by atomic mass is 79.9. The third-order valence-electron chi connectivity index (χ3n) is 1.52. The van der Waals surface area contributed by atoms with E-state index >= 15 is 0 Å². The predicted octanol–water partition coefficient (Wildman–Crippen LogP) is 3.40. The molecule has 0 amide bonds. The molecule has 1 aromatic rings. The van der Waals surface area contributed by atoms with Crippen molar-refractivity contribution in [2.45, 2.75) is 11.1 Å². The number of benzene rings is 1. The Hall–Kier alpha value is -0.270. The minimum absolute atomic E-state index is 0.364. The van der Waals surface area contributed by atoms with Gasteiger partial charge in [-0.3, -0.25) is 0 Å². The van der Waals surface area contributed by atoms with Crippen LogP contribution in [0.4, 0.5) is 13.2 Å². The molecule has 0 heterocycles. The highest BCUT2D eigenvalue weighted by Crippen LogP contribution is 2.39. The molecule has 0 bridgehead atoms. The summed E-state index contributed by atoms with van der Waals surface area (Å²) in [4.78, 5) is -0.953. The lowest BCUT2D eigenvalue weighted by Gasteiger charge is -2.12. The second-order valence-corrected chi connectivity index (χ2v) is 5.94. The molecule has 0 aliphatic heterocycles. The molecule has 8 heteroatoms. The fourth-order valence-electron chi connectivity index (χ4n) is 0.983. The first kappa shape index (κ1) is 12.8. The zero-order valence-corrected chi connectivity index (χ0v) is 10.0. The zero-order chi connectivity index (χ0) is 11.9. The molecule has 2 nitrogen and oxygen atoms in total. The van der Waals surface area contributed by atoms with Crippen LogP contribution in [0.3, 0.4) is 0 Å². The van der Waals surface area contributed by atoms with Crippen molar-refractivity contribution in [3.8, 4) is 0 Å². The van der Waals surface area contributed by atoms with Gasteiger partial charge in [-0.05, 0) is 12.1 Å². The summed E-state index contributed by atoms with van der Waals surface area (Å²) in [6.45, 7) is 0. The quantitative estimate of drug-likeness (QED) is 0.742. The van der Waals surface area contributed by atoms with Gasteiger partial charge in [0.15, 0.2) is 0 Å². The van der Waals surface area contributed by atoms with Gasteiger partial charge in [0.05, 0.1) is 10.5 Å². The SMILES string of the molecule is O=S(=O)(Cl)c1cccc(Br)c1C(F)(F)F. The van der Waals surface area contributed by atoms with E-state index in [0.29, 0.717) is 0 Å². The van der Waals surface area contributed by atoms with Crippen molar-refractivity contribution in [2.24, 2.45) is 0 Å². The van der Waals surface area contributed by atoms with Crippen LogP contribution in [0.25, 0.3) is 0 Å². The Labute approximate surface area is 96.6 Å². The van der Waals surface area contributed by atoms with Gasteiger partial charge in [-0.1, -0.05) is 22.0 Å². The number of halogens is 5. The Morgan fingerprint density at radius 3 is 2.13 bits per heavy atom. The van der Waals surface area contributed by atoms with Gasteiger partial charge in [0.2, 0.25) is 0 Å². The summed E-state index contributed by atoms with van der Waals surface area (Å²) in [6, 6.07) is 3.05. The van der Waals surface area contributed by atoms with Crippen LogP contribution in [0.15, 0.2) is 27.6 Å². The molecular formula is C7H3BrClF3O2S. The fourth-order valence-corrected chi connectivity index (χ4v) is 2.80. The summed E-state index contributed by atoms with van der Waals surface area (Å²) in [6.07, 6.45) is -4.78. The maximum atomic E-state index is 12.5. The van der Waals surface area contributed by atoms with Gasteiger partial charge in [0.1, 0.15) is 0 Å². The zero-order valence-electron chi connectivity index (χ0n) is 6.85. The van der Waals surface area contributed by atoms with Crippen molar-refractivity contribution in [1.29, 1.82) is 0 Å². The first-order chi connectivity index (χ1) is 6.64. The van der Waals surface area contributed by atoms with E-state index in [4.69, 9.17) is 10.7 Å². The van der Waals surface area contributed by atoms with Crippen molar-refractivity contribution in [2.75, 3.05) is 0 Å². The highest BCUT2D eigenvalue weighted by molar-refractivity contribution is 9.10. The maximum Gasteiger partial charge on any atom is 0.418 e. The van der Waals surface area contributed by atoms with Crippen LogP contribution < -0.4 is 0 Å². The normalized spacial score (nSPS) is 12.9. The number of hydrogen-bond donors (Lipinski definition) is 0. The summed E-state index contributed by atoms with van der Waals surface area (Å²) in [5, 5.41) is 0. The lowest BCUT2D eigenvalue weighted by atomic mass is 10.2. The largest absolute Gasteiger partial charge is 0.418 e. The molecule has 1 rings (SSSR count). The van der Waals surface area contributed by atoms with Crippen molar-refractivity contribution in [1.82, 2.24) is 0 Å². The van der Waals surface area contributed by atoms with Crippen LogP contribution >= 0.6 is 26.6 Å². The Morgan fingerprint density at radius 2 is 1.80 bits per heavy atom. The van der Waals surface area contributed by atoms with Crippen molar-refractivity contribution >= 4 is 35.7 Å². The summed E-state index contributed by atoms with van der Waals surface area (Å²) in [5.41, 5.74) is -1.29. The van der Waals surface area contributed by atoms with Crippen molar-refractivity contribution in [3.05, 3.63) is 28.2 Å². The minimum Gasteiger partial charge on any atom is -0.207 e. The molecule has 0 aromatic heterocycles. The third-order valence-corrected chi connectivity index (χ3v) is 3.55. The van der Waals surface area contributed by atoms with Gasteiger partial charge in [0, 0.05) is 15.2 Å². The maximum absolute atomic E-state index is 12.5. The summed E-state index contributed by atoms with van der Waals surface area (Å²) >= 11 is 2.63. The molecule has 0 aliphatic carbocycles. The average molecular weight is 324 g/mol. The van der Waals surface area contributed by atoms with Crippen LogP contribution in [-0.2, 0) is 15.2 Å². The van der Waals surface area contributed by atoms with E-state index < -0.39 is 25.7 Å². The standard InChI is InChI=1S/C7H3BrClF3O2S/c8-4-2-1-3-5(15(9,13)14)6(4)7(10,11)12/h1-3H. The van der Waals surface area contributed by atoms with Crippen LogP contribution in [0, 0.1) is 0 Å². The number of alkyl halides is 3. The van der Waals surface area contributed by atoms with Crippen LogP contribution in [0.2, 0.25) is 0 Å². The molecule has 15 heavy (non-hydrogen) atoms. The molecule has 84 valence electrons. The topological polar surface area (TPSA) is 34.1 Å². The van der Waals surface area contributed by atoms with Crippen molar-refractivity contribution < 1.29 is 21.6 Å². The molecule has 0 N–H and O–H groups in total. The lowest BCUT2D eigenvalue weighted by molar-refractivity contribution is -0.140. The second-order valence-electron chi connectivity index (χ2n) is 2.55. The predicted molar refractivity (Wildman–Crippen MR) is 52.2 cm³/mol. The molecule has 0 spiro atoms. The first-order valence-electron chi connectivity index (χ1n) is 3.44. The molecular weight excluding hydrogens is 320 g/mol. The van der Waals surface area contributed by atoms with E-state index in [1.54, 1.807) is 0 Å². The summed E-state index contributed by atoms with van der Waals surface area (Å²) < 4.78 is 58.9. The van der Waals surface area contributed by atoms with E-state index in [1.807, 2.05) is 0 Å². The van der Waals surface area contributed by atoms with E-state index in [0.717, 1.165) is 18.2 Å². The Balaban J connectivity index is 3.63. The molecule has 0 radical (unpaired) electrons.